The molecule has 1 aromatic heterocycles. The van der Waals surface area contributed by atoms with E-state index in [1.807, 2.05) is 18.7 Å². The van der Waals surface area contributed by atoms with Crippen LogP contribution in [0.5, 0.6) is 0 Å². The van der Waals surface area contributed by atoms with E-state index < -0.39 is 0 Å². The fourth-order valence-corrected chi connectivity index (χ4v) is 1.61. The Morgan fingerprint density at radius 2 is 2.21 bits per heavy atom. The minimum absolute atomic E-state index is 0.535. The van der Waals surface area contributed by atoms with E-state index in [1.165, 1.54) is 18.6 Å². The molecule has 0 radical (unpaired) electrons. The molecule has 5 heteroatoms. The zero-order valence-corrected chi connectivity index (χ0v) is 9.56. The van der Waals surface area contributed by atoms with Gasteiger partial charge in [-0.3, -0.25) is 0 Å². The van der Waals surface area contributed by atoms with Gasteiger partial charge in [-0.15, -0.1) is 0 Å². The van der Waals surface area contributed by atoms with Gasteiger partial charge in [0.1, 0.15) is 0 Å². The zero-order valence-electron chi connectivity index (χ0n) is 8.75. The second-order valence-electron chi connectivity index (χ2n) is 3.13. The smallest absolute Gasteiger partial charge is 0.321 e. The molecular formula is C9H17N3OS. The van der Waals surface area contributed by atoms with E-state index >= 15 is 0 Å². The van der Waals surface area contributed by atoms with Gasteiger partial charge in [0.05, 0.1) is 0 Å². The van der Waals surface area contributed by atoms with Crippen molar-refractivity contribution in [1.29, 1.82) is 0 Å². The average molecular weight is 215 g/mol. The van der Waals surface area contributed by atoms with Crippen LogP contribution in [0, 0.1) is 6.92 Å². The van der Waals surface area contributed by atoms with Gasteiger partial charge in [0.15, 0.2) is 5.82 Å². The third-order valence-corrected chi connectivity index (χ3v) is 2.53. The summed E-state index contributed by atoms with van der Waals surface area (Å²) >= 11 is 1.90. The fraction of sp³-hybridized carbons (Fsp3) is 0.778. The van der Waals surface area contributed by atoms with Crippen LogP contribution in [0.4, 0.5) is 6.01 Å². The van der Waals surface area contributed by atoms with Gasteiger partial charge in [-0.05, 0) is 31.8 Å². The molecule has 0 saturated carbocycles. The van der Waals surface area contributed by atoms with Crippen molar-refractivity contribution in [2.75, 3.05) is 23.9 Å². The number of nitrogens with zero attached hydrogens (tertiary/aromatic N) is 2. The lowest BCUT2D eigenvalue weighted by Crippen LogP contribution is -2.01. The molecule has 14 heavy (non-hydrogen) atoms. The average Bonchev–Trinajstić information content (AvgIpc) is 2.58. The standard InChI is InChI=1S/C9H17N3OS/c1-8-11-9(13-12-8)10-6-4-3-5-7-14-2/h3-7H2,1-2H3,(H,10,11,12). The van der Waals surface area contributed by atoms with E-state index in [1.54, 1.807) is 0 Å². The Kier molecular flexibility index (Phi) is 5.44. The van der Waals surface area contributed by atoms with Crippen molar-refractivity contribution in [3.8, 4) is 0 Å². The number of thioether (sulfide) groups is 1. The summed E-state index contributed by atoms with van der Waals surface area (Å²) in [6.45, 7) is 2.73. The van der Waals surface area contributed by atoms with Crippen LogP contribution in [0.25, 0.3) is 0 Å². The number of nitrogens with one attached hydrogen (secondary N) is 1. The van der Waals surface area contributed by atoms with E-state index in [2.05, 4.69) is 21.7 Å². The maximum atomic E-state index is 4.92. The first-order chi connectivity index (χ1) is 6.83. The minimum atomic E-state index is 0.535. The van der Waals surface area contributed by atoms with Gasteiger partial charge in [0.25, 0.3) is 0 Å². The Morgan fingerprint density at radius 1 is 1.36 bits per heavy atom. The molecule has 4 nitrogen and oxygen atoms in total. The number of aromatic nitrogens is 2. The maximum absolute atomic E-state index is 4.92. The van der Waals surface area contributed by atoms with Crippen LogP contribution < -0.4 is 5.32 Å². The summed E-state index contributed by atoms with van der Waals surface area (Å²) in [6, 6.07) is 0.535. The van der Waals surface area contributed by atoms with Gasteiger partial charge in [-0.2, -0.15) is 16.7 Å². The molecule has 0 amide bonds. The highest BCUT2D eigenvalue weighted by Crippen LogP contribution is 2.05. The van der Waals surface area contributed by atoms with Gasteiger partial charge in [-0.1, -0.05) is 11.6 Å². The monoisotopic (exact) mass is 215 g/mol. The Hall–Kier alpha value is -0.710. The Bertz CT molecular complexity index is 252. The van der Waals surface area contributed by atoms with Gasteiger partial charge in [0.2, 0.25) is 0 Å². The number of anilines is 1. The number of rotatable bonds is 7. The topological polar surface area (TPSA) is 51.0 Å². The van der Waals surface area contributed by atoms with Crippen LogP contribution in [0.15, 0.2) is 4.52 Å². The molecule has 1 heterocycles. The summed E-state index contributed by atoms with van der Waals surface area (Å²) in [7, 11) is 0. The first kappa shape index (κ1) is 11.4. The number of hydrogen-bond acceptors (Lipinski definition) is 5. The van der Waals surface area contributed by atoms with Crippen LogP contribution in [0.1, 0.15) is 25.1 Å². The number of unbranched alkanes of at least 4 members (excludes halogenated alkanes) is 2. The van der Waals surface area contributed by atoms with Crippen LogP contribution in [-0.2, 0) is 0 Å². The molecule has 80 valence electrons. The van der Waals surface area contributed by atoms with E-state index in [0.717, 1.165) is 13.0 Å². The second kappa shape index (κ2) is 6.70. The van der Waals surface area contributed by atoms with Gasteiger partial charge in [-0.25, -0.2) is 0 Å². The molecular weight excluding hydrogens is 198 g/mol. The van der Waals surface area contributed by atoms with E-state index in [9.17, 15) is 0 Å². The molecule has 1 N–H and O–H groups in total. The first-order valence-electron chi connectivity index (χ1n) is 4.86. The Labute approximate surface area is 88.8 Å². The molecule has 0 unspecified atom stereocenters. The normalized spacial score (nSPS) is 10.4. The highest BCUT2D eigenvalue weighted by molar-refractivity contribution is 7.98. The molecule has 0 saturated heterocycles. The van der Waals surface area contributed by atoms with E-state index in [4.69, 9.17) is 4.52 Å². The zero-order chi connectivity index (χ0) is 10.2. The van der Waals surface area contributed by atoms with E-state index in [-0.39, 0.29) is 0 Å². The molecule has 0 spiro atoms. The molecule has 0 aliphatic carbocycles. The van der Waals surface area contributed by atoms with Gasteiger partial charge >= 0.3 is 6.01 Å². The van der Waals surface area contributed by atoms with Crippen molar-refractivity contribution in [3.05, 3.63) is 5.82 Å². The number of aryl methyl sites for hydroxylation is 1. The lowest BCUT2D eigenvalue weighted by atomic mass is 10.2. The minimum Gasteiger partial charge on any atom is -0.338 e. The number of hydrogen-bond donors (Lipinski definition) is 1. The molecule has 0 aliphatic heterocycles. The largest absolute Gasteiger partial charge is 0.338 e. The third kappa shape index (κ3) is 4.50. The lowest BCUT2D eigenvalue weighted by molar-refractivity contribution is 0.425. The molecule has 0 aromatic carbocycles. The second-order valence-corrected chi connectivity index (χ2v) is 4.11. The summed E-state index contributed by atoms with van der Waals surface area (Å²) in [6.07, 6.45) is 5.83. The maximum Gasteiger partial charge on any atom is 0.321 e. The van der Waals surface area contributed by atoms with Gasteiger partial charge in [0, 0.05) is 6.54 Å². The summed E-state index contributed by atoms with van der Waals surface area (Å²) < 4.78 is 4.92. The van der Waals surface area contributed by atoms with Crippen molar-refractivity contribution in [3.63, 3.8) is 0 Å². The molecule has 1 rings (SSSR count). The highest BCUT2D eigenvalue weighted by Gasteiger charge is 1.99. The van der Waals surface area contributed by atoms with Crippen LogP contribution in [-0.4, -0.2) is 28.7 Å². The van der Waals surface area contributed by atoms with Crippen molar-refractivity contribution in [2.24, 2.45) is 0 Å². The molecule has 0 fully saturated rings. The predicted octanol–water partition coefficient (Wildman–Crippen LogP) is 2.32. The van der Waals surface area contributed by atoms with Crippen molar-refractivity contribution in [2.45, 2.75) is 26.2 Å². The van der Waals surface area contributed by atoms with Gasteiger partial charge < -0.3 is 9.84 Å². The molecule has 0 atom stereocenters. The van der Waals surface area contributed by atoms with Crippen molar-refractivity contribution < 1.29 is 4.52 Å². The molecule has 0 bridgehead atoms. The summed E-state index contributed by atoms with van der Waals surface area (Å²) in [5, 5.41) is 6.79. The summed E-state index contributed by atoms with van der Waals surface area (Å²) in [4.78, 5) is 4.05. The van der Waals surface area contributed by atoms with E-state index in [0.29, 0.717) is 11.8 Å². The molecule has 1 aromatic rings. The summed E-state index contributed by atoms with van der Waals surface area (Å²) in [5.74, 6) is 1.93. The van der Waals surface area contributed by atoms with Crippen LogP contribution >= 0.6 is 11.8 Å². The predicted molar refractivity (Wildman–Crippen MR) is 59.8 cm³/mol. The fourth-order valence-electron chi connectivity index (χ4n) is 1.11. The third-order valence-electron chi connectivity index (χ3n) is 1.83. The van der Waals surface area contributed by atoms with Crippen LogP contribution in [0.2, 0.25) is 0 Å². The summed E-state index contributed by atoms with van der Waals surface area (Å²) in [5.41, 5.74) is 0. The molecule has 0 aliphatic rings. The van der Waals surface area contributed by atoms with Crippen LogP contribution in [0.3, 0.4) is 0 Å². The van der Waals surface area contributed by atoms with Crippen molar-refractivity contribution >= 4 is 17.8 Å². The van der Waals surface area contributed by atoms with Crippen molar-refractivity contribution in [1.82, 2.24) is 10.1 Å². The first-order valence-corrected chi connectivity index (χ1v) is 6.25. The quantitative estimate of drug-likeness (QED) is 0.707. The highest BCUT2D eigenvalue weighted by atomic mass is 32.2. The Balaban J connectivity index is 1.99. The Morgan fingerprint density at radius 3 is 2.86 bits per heavy atom. The SMILES string of the molecule is CSCCCCCNc1nc(C)no1. The lowest BCUT2D eigenvalue weighted by Gasteiger charge is -2.00.